The molecule has 2 atom stereocenters. The lowest BCUT2D eigenvalue weighted by molar-refractivity contribution is 0.483. The Labute approximate surface area is 96.6 Å². The number of hydrogen-bond donors (Lipinski definition) is 1. The third-order valence-electron chi connectivity index (χ3n) is 3.40. The van der Waals surface area contributed by atoms with Crippen LogP contribution in [0.5, 0.6) is 0 Å². The van der Waals surface area contributed by atoms with Crippen LogP contribution in [0.4, 0.5) is 0 Å². The zero-order chi connectivity index (χ0) is 11.5. The first-order valence-electron chi connectivity index (χ1n) is 5.90. The van der Waals surface area contributed by atoms with Crippen LogP contribution in [0.2, 0.25) is 0 Å². The summed E-state index contributed by atoms with van der Waals surface area (Å²) < 4.78 is 5.36. The largest absolute Gasteiger partial charge is 0.464 e. The fourth-order valence-corrected chi connectivity index (χ4v) is 2.29. The standard InChI is InChI=1S/C14H19NO/c1-4-13(10(2)15-3)11-5-6-14-12(9-11)7-8-16-14/h5-10,13,15H,4H2,1-3H3. The molecule has 1 aromatic carbocycles. The smallest absolute Gasteiger partial charge is 0.133 e. The maximum atomic E-state index is 5.36. The van der Waals surface area contributed by atoms with Crippen molar-refractivity contribution in [2.24, 2.45) is 0 Å². The van der Waals surface area contributed by atoms with Gasteiger partial charge in [0.05, 0.1) is 6.26 Å². The van der Waals surface area contributed by atoms with E-state index in [-0.39, 0.29) is 0 Å². The topological polar surface area (TPSA) is 25.2 Å². The summed E-state index contributed by atoms with van der Waals surface area (Å²) in [5.41, 5.74) is 2.36. The fourth-order valence-electron chi connectivity index (χ4n) is 2.29. The Morgan fingerprint density at radius 2 is 2.12 bits per heavy atom. The summed E-state index contributed by atoms with van der Waals surface area (Å²) in [6.07, 6.45) is 2.89. The number of benzene rings is 1. The van der Waals surface area contributed by atoms with Gasteiger partial charge in [0.15, 0.2) is 0 Å². The Kier molecular flexibility index (Phi) is 3.30. The molecule has 86 valence electrons. The first-order valence-corrected chi connectivity index (χ1v) is 5.90. The predicted molar refractivity (Wildman–Crippen MR) is 67.8 cm³/mol. The van der Waals surface area contributed by atoms with Gasteiger partial charge >= 0.3 is 0 Å². The van der Waals surface area contributed by atoms with E-state index in [9.17, 15) is 0 Å². The Hall–Kier alpha value is -1.28. The SMILES string of the molecule is CCC(c1ccc2occc2c1)C(C)NC. The minimum atomic E-state index is 0.495. The van der Waals surface area contributed by atoms with Gasteiger partial charge in [-0.1, -0.05) is 13.0 Å². The van der Waals surface area contributed by atoms with Gasteiger partial charge in [-0.15, -0.1) is 0 Å². The van der Waals surface area contributed by atoms with Crippen LogP contribution in [-0.4, -0.2) is 13.1 Å². The molecule has 0 spiro atoms. The van der Waals surface area contributed by atoms with E-state index in [1.54, 1.807) is 6.26 Å². The lowest BCUT2D eigenvalue weighted by atomic mass is 9.89. The molecule has 0 saturated carbocycles. The molecule has 2 heteroatoms. The third kappa shape index (κ3) is 1.98. The second kappa shape index (κ2) is 4.71. The number of rotatable bonds is 4. The van der Waals surface area contributed by atoms with Gasteiger partial charge in [-0.25, -0.2) is 0 Å². The molecular weight excluding hydrogens is 198 g/mol. The Bertz CT molecular complexity index is 460. The van der Waals surface area contributed by atoms with Gasteiger partial charge in [0, 0.05) is 11.4 Å². The van der Waals surface area contributed by atoms with Crippen molar-refractivity contribution in [3.8, 4) is 0 Å². The summed E-state index contributed by atoms with van der Waals surface area (Å²) in [5, 5.41) is 4.53. The van der Waals surface area contributed by atoms with Gasteiger partial charge < -0.3 is 9.73 Å². The van der Waals surface area contributed by atoms with E-state index in [2.05, 4.69) is 37.4 Å². The monoisotopic (exact) mass is 217 g/mol. The molecule has 2 aromatic rings. The normalized spacial score (nSPS) is 15.2. The highest BCUT2D eigenvalue weighted by Crippen LogP contribution is 2.27. The lowest BCUT2D eigenvalue weighted by Crippen LogP contribution is -2.28. The first-order chi connectivity index (χ1) is 7.76. The van der Waals surface area contributed by atoms with E-state index >= 15 is 0 Å². The van der Waals surface area contributed by atoms with Crippen LogP contribution in [0, 0.1) is 0 Å². The summed E-state index contributed by atoms with van der Waals surface area (Å²) in [6.45, 7) is 4.46. The van der Waals surface area contributed by atoms with Crippen molar-refractivity contribution in [2.75, 3.05) is 7.05 Å². The molecule has 1 aromatic heterocycles. The molecule has 0 saturated heterocycles. The van der Waals surface area contributed by atoms with Crippen molar-refractivity contribution in [3.05, 3.63) is 36.1 Å². The maximum Gasteiger partial charge on any atom is 0.133 e. The lowest BCUT2D eigenvalue weighted by Gasteiger charge is -2.22. The van der Waals surface area contributed by atoms with Crippen LogP contribution in [0.15, 0.2) is 34.9 Å². The van der Waals surface area contributed by atoms with E-state index < -0.39 is 0 Å². The van der Waals surface area contributed by atoms with Gasteiger partial charge in [0.2, 0.25) is 0 Å². The van der Waals surface area contributed by atoms with Gasteiger partial charge in [-0.05, 0) is 50.1 Å². The minimum absolute atomic E-state index is 0.495. The van der Waals surface area contributed by atoms with E-state index in [1.807, 2.05) is 13.1 Å². The molecule has 16 heavy (non-hydrogen) atoms. The average Bonchev–Trinajstić information content (AvgIpc) is 2.77. The average molecular weight is 217 g/mol. The highest BCUT2D eigenvalue weighted by atomic mass is 16.3. The number of fused-ring (bicyclic) bond motifs is 1. The molecule has 0 aliphatic rings. The van der Waals surface area contributed by atoms with E-state index in [0.29, 0.717) is 12.0 Å². The fraction of sp³-hybridized carbons (Fsp3) is 0.429. The molecule has 0 bridgehead atoms. The van der Waals surface area contributed by atoms with Gasteiger partial charge in [-0.2, -0.15) is 0 Å². The van der Waals surface area contributed by atoms with Crippen LogP contribution in [0.3, 0.4) is 0 Å². The van der Waals surface area contributed by atoms with Gasteiger partial charge in [-0.3, -0.25) is 0 Å². The summed E-state index contributed by atoms with van der Waals surface area (Å²) in [7, 11) is 2.02. The Morgan fingerprint density at radius 1 is 1.31 bits per heavy atom. The quantitative estimate of drug-likeness (QED) is 0.847. The highest BCUT2D eigenvalue weighted by molar-refractivity contribution is 5.77. The molecule has 0 aliphatic heterocycles. The summed E-state index contributed by atoms with van der Waals surface area (Å²) in [6, 6.07) is 8.99. The third-order valence-corrected chi connectivity index (χ3v) is 3.40. The number of likely N-dealkylation sites (N-methyl/N-ethyl adjacent to an activating group) is 1. The van der Waals surface area contributed by atoms with Crippen LogP contribution in [0.25, 0.3) is 11.0 Å². The predicted octanol–water partition coefficient (Wildman–Crippen LogP) is 3.53. The Morgan fingerprint density at radius 3 is 2.81 bits per heavy atom. The highest BCUT2D eigenvalue weighted by Gasteiger charge is 2.16. The summed E-state index contributed by atoms with van der Waals surface area (Å²) >= 11 is 0. The second-order valence-corrected chi connectivity index (χ2v) is 4.31. The molecule has 2 unspecified atom stereocenters. The summed E-state index contributed by atoms with van der Waals surface area (Å²) in [5.74, 6) is 0.560. The van der Waals surface area contributed by atoms with E-state index in [4.69, 9.17) is 4.42 Å². The molecule has 0 aliphatic carbocycles. The minimum Gasteiger partial charge on any atom is -0.464 e. The van der Waals surface area contributed by atoms with Gasteiger partial charge in [0.25, 0.3) is 0 Å². The number of nitrogens with one attached hydrogen (secondary N) is 1. The zero-order valence-electron chi connectivity index (χ0n) is 10.2. The molecule has 1 N–H and O–H groups in total. The second-order valence-electron chi connectivity index (χ2n) is 4.31. The van der Waals surface area contributed by atoms with Crippen molar-refractivity contribution in [1.29, 1.82) is 0 Å². The molecule has 2 nitrogen and oxygen atoms in total. The number of furan rings is 1. The van der Waals surface area contributed by atoms with Crippen LogP contribution in [0.1, 0.15) is 31.7 Å². The number of hydrogen-bond acceptors (Lipinski definition) is 2. The van der Waals surface area contributed by atoms with Crippen molar-refractivity contribution in [1.82, 2.24) is 5.32 Å². The van der Waals surface area contributed by atoms with Gasteiger partial charge in [0.1, 0.15) is 5.58 Å². The van der Waals surface area contributed by atoms with Crippen molar-refractivity contribution < 1.29 is 4.42 Å². The van der Waals surface area contributed by atoms with E-state index in [0.717, 1.165) is 12.0 Å². The van der Waals surface area contributed by atoms with E-state index in [1.165, 1.54) is 10.9 Å². The van der Waals surface area contributed by atoms with Crippen LogP contribution in [-0.2, 0) is 0 Å². The van der Waals surface area contributed by atoms with Crippen molar-refractivity contribution in [3.63, 3.8) is 0 Å². The Balaban J connectivity index is 2.36. The molecule has 0 amide bonds. The zero-order valence-corrected chi connectivity index (χ0v) is 10.2. The maximum absolute atomic E-state index is 5.36. The molecule has 1 heterocycles. The molecule has 0 radical (unpaired) electrons. The first kappa shape index (κ1) is 11.2. The van der Waals surface area contributed by atoms with Crippen molar-refractivity contribution >= 4 is 11.0 Å². The molecule has 0 fully saturated rings. The summed E-state index contributed by atoms with van der Waals surface area (Å²) in [4.78, 5) is 0. The van der Waals surface area contributed by atoms with Crippen LogP contribution < -0.4 is 5.32 Å². The molecule has 2 rings (SSSR count). The van der Waals surface area contributed by atoms with Crippen molar-refractivity contribution in [2.45, 2.75) is 32.2 Å². The van der Waals surface area contributed by atoms with Crippen LogP contribution >= 0.6 is 0 Å². The molecular formula is C14H19NO.